The Kier molecular flexibility index (Phi) is 3.15. The average molecular weight is 283 g/mol. The summed E-state index contributed by atoms with van der Waals surface area (Å²) in [5.74, 6) is 0.280. The van der Waals surface area contributed by atoms with Crippen LogP contribution in [0, 0.1) is 23.1 Å². The largest absolute Gasteiger partial charge is 0.369 e. The number of anilines is 1. The summed E-state index contributed by atoms with van der Waals surface area (Å²) in [6, 6.07) is 5.31. The fraction of sp³-hybridized carbons (Fsp3) is 0.417. The quantitative estimate of drug-likeness (QED) is 0.790. The lowest BCUT2D eigenvalue weighted by Gasteiger charge is -2.19. The van der Waals surface area contributed by atoms with Gasteiger partial charge in [0.05, 0.1) is 15.7 Å². The van der Waals surface area contributed by atoms with Crippen LogP contribution in [0.15, 0.2) is 16.6 Å². The number of rotatable bonds is 1. The third kappa shape index (κ3) is 1.92. The van der Waals surface area contributed by atoms with Gasteiger partial charge < -0.3 is 4.90 Å². The van der Waals surface area contributed by atoms with E-state index >= 15 is 0 Å². The van der Waals surface area contributed by atoms with Crippen LogP contribution in [-0.4, -0.2) is 13.1 Å². The van der Waals surface area contributed by atoms with Gasteiger partial charge in [-0.2, -0.15) is 5.26 Å². The van der Waals surface area contributed by atoms with Crippen LogP contribution in [0.25, 0.3) is 0 Å². The Morgan fingerprint density at radius 3 is 2.88 bits per heavy atom. The molecule has 0 saturated carbocycles. The smallest absolute Gasteiger partial charge is 0.161 e. The van der Waals surface area contributed by atoms with Gasteiger partial charge in [0.15, 0.2) is 5.82 Å². The van der Waals surface area contributed by atoms with E-state index in [1.54, 1.807) is 12.1 Å². The molecule has 1 atom stereocenters. The predicted molar refractivity (Wildman–Crippen MR) is 64.8 cm³/mol. The van der Waals surface area contributed by atoms with E-state index in [1.807, 2.05) is 11.0 Å². The van der Waals surface area contributed by atoms with Crippen molar-refractivity contribution in [3.8, 4) is 6.07 Å². The number of hydrogen-bond donors (Lipinski definition) is 0. The maximum absolute atomic E-state index is 14.0. The maximum atomic E-state index is 14.0. The van der Waals surface area contributed by atoms with E-state index < -0.39 is 0 Å². The van der Waals surface area contributed by atoms with Crippen LogP contribution in [-0.2, 0) is 0 Å². The van der Waals surface area contributed by atoms with Gasteiger partial charge in [0.25, 0.3) is 0 Å². The molecule has 1 unspecified atom stereocenters. The summed E-state index contributed by atoms with van der Waals surface area (Å²) in [7, 11) is 0. The van der Waals surface area contributed by atoms with Crippen molar-refractivity contribution >= 4 is 21.6 Å². The van der Waals surface area contributed by atoms with E-state index in [0.717, 1.165) is 19.5 Å². The highest BCUT2D eigenvalue weighted by Crippen LogP contribution is 2.32. The zero-order valence-corrected chi connectivity index (χ0v) is 10.6. The molecule has 0 amide bonds. The van der Waals surface area contributed by atoms with Crippen molar-refractivity contribution in [3.63, 3.8) is 0 Å². The Morgan fingerprint density at radius 2 is 2.31 bits per heavy atom. The van der Waals surface area contributed by atoms with Crippen LogP contribution in [0.5, 0.6) is 0 Å². The first-order valence-electron chi connectivity index (χ1n) is 5.26. The van der Waals surface area contributed by atoms with Crippen molar-refractivity contribution < 1.29 is 4.39 Å². The molecule has 1 aliphatic heterocycles. The molecule has 1 aromatic rings. The Balaban J connectivity index is 2.37. The van der Waals surface area contributed by atoms with Crippen LogP contribution < -0.4 is 4.90 Å². The van der Waals surface area contributed by atoms with Crippen molar-refractivity contribution in [1.29, 1.82) is 5.26 Å². The van der Waals surface area contributed by atoms with E-state index in [-0.39, 0.29) is 10.3 Å². The second kappa shape index (κ2) is 4.42. The molecule has 0 N–H and O–H groups in total. The van der Waals surface area contributed by atoms with Crippen LogP contribution in [0.3, 0.4) is 0 Å². The van der Waals surface area contributed by atoms with Crippen molar-refractivity contribution in [2.75, 3.05) is 18.0 Å². The second-order valence-electron chi connectivity index (χ2n) is 4.21. The van der Waals surface area contributed by atoms with E-state index in [0.29, 0.717) is 17.2 Å². The molecule has 4 heteroatoms. The fourth-order valence-corrected chi connectivity index (χ4v) is 2.45. The van der Waals surface area contributed by atoms with E-state index in [4.69, 9.17) is 5.26 Å². The van der Waals surface area contributed by atoms with E-state index in [9.17, 15) is 4.39 Å². The normalized spacial score (nSPS) is 19.9. The molecule has 0 radical (unpaired) electrons. The third-order valence-corrected chi connectivity index (χ3v) is 3.72. The topological polar surface area (TPSA) is 27.0 Å². The van der Waals surface area contributed by atoms with E-state index in [1.165, 1.54) is 0 Å². The summed E-state index contributed by atoms with van der Waals surface area (Å²) in [6.45, 7) is 3.93. The van der Waals surface area contributed by atoms with Crippen molar-refractivity contribution in [2.45, 2.75) is 13.3 Å². The fourth-order valence-electron chi connectivity index (χ4n) is 2.02. The Hall–Kier alpha value is -1.08. The van der Waals surface area contributed by atoms with Crippen LogP contribution >= 0.6 is 15.9 Å². The number of halogens is 2. The molecule has 1 aromatic carbocycles. The van der Waals surface area contributed by atoms with Crippen molar-refractivity contribution in [3.05, 3.63) is 28.0 Å². The molecule has 0 aliphatic carbocycles. The Morgan fingerprint density at radius 1 is 1.56 bits per heavy atom. The first-order valence-corrected chi connectivity index (χ1v) is 6.06. The standard InChI is InChI=1S/C12H12BrFN2/c1-8-4-5-16(7-8)10-3-2-9(6-15)11(13)12(10)14/h2-3,8H,4-5,7H2,1H3. The van der Waals surface area contributed by atoms with Gasteiger partial charge >= 0.3 is 0 Å². The summed E-state index contributed by atoms with van der Waals surface area (Å²) < 4.78 is 14.3. The van der Waals surface area contributed by atoms with Gasteiger partial charge in [-0.15, -0.1) is 0 Å². The average Bonchev–Trinajstić information content (AvgIpc) is 2.69. The van der Waals surface area contributed by atoms with Crippen LogP contribution in [0.2, 0.25) is 0 Å². The van der Waals surface area contributed by atoms with Crippen LogP contribution in [0.4, 0.5) is 10.1 Å². The molecular formula is C12H12BrFN2. The predicted octanol–water partition coefficient (Wildman–Crippen LogP) is 3.31. The first kappa shape index (κ1) is 11.4. The molecule has 1 saturated heterocycles. The summed E-state index contributed by atoms with van der Waals surface area (Å²) in [4.78, 5) is 2.03. The lowest BCUT2D eigenvalue weighted by Crippen LogP contribution is -2.20. The molecule has 0 aromatic heterocycles. The molecule has 1 heterocycles. The summed E-state index contributed by atoms with van der Waals surface area (Å²) in [6.07, 6.45) is 1.09. The third-order valence-electron chi connectivity index (χ3n) is 2.95. The highest BCUT2D eigenvalue weighted by atomic mass is 79.9. The zero-order valence-electron chi connectivity index (χ0n) is 9.00. The molecule has 2 rings (SSSR count). The molecule has 2 nitrogen and oxygen atoms in total. The highest BCUT2D eigenvalue weighted by molar-refractivity contribution is 9.10. The summed E-state index contributed by atoms with van der Waals surface area (Å²) >= 11 is 3.13. The van der Waals surface area contributed by atoms with Crippen molar-refractivity contribution in [1.82, 2.24) is 0 Å². The Bertz CT molecular complexity index is 453. The monoisotopic (exact) mass is 282 g/mol. The molecule has 16 heavy (non-hydrogen) atoms. The summed E-state index contributed by atoms with van der Waals surface area (Å²) in [5, 5.41) is 8.78. The maximum Gasteiger partial charge on any atom is 0.161 e. The van der Waals surface area contributed by atoms with Gasteiger partial charge in [-0.3, -0.25) is 0 Å². The van der Waals surface area contributed by atoms with Gasteiger partial charge in [0.1, 0.15) is 6.07 Å². The lowest BCUT2D eigenvalue weighted by molar-refractivity contribution is 0.613. The SMILES string of the molecule is CC1CCN(c2ccc(C#N)c(Br)c2F)C1. The minimum absolute atomic E-state index is 0.270. The molecule has 1 fully saturated rings. The molecule has 0 bridgehead atoms. The first-order chi connectivity index (χ1) is 7.63. The molecular weight excluding hydrogens is 271 g/mol. The second-order valence-corrected chi connectivity index (χ2v) is 5.00. The Labute approximate surface area is 103 Å². The number of benzene rings is 1. The molecule has 1 aliphatic rings. The van der Waals surface area contributed by atoms with Crippen molar-refractivity contribution in [2.24, 2.45) is 5.92 Å². The minimum atomic E-state index is -0.326. The number of hydrogen-bond acceptors (Lipinski definition) is 2. The summed E-state index contributed by atoms with van der Waals surface area (Å²) in [5.41, 5.74) is 0.934. The number of nitrogens with zero attached hydrogens (tertiary/aromatic N) is 2. The van der Waals surface area contributed by atoms with Gasteiger partial charge in [0, 0.05) is 13.1 Å². The van der Waals surface area contributed by atoms with Gasteiger partial charge in [-0.05, 0) is 40.4 Å². The number of nitriles is 1. The zero-order chi connectivity index (χ0) is 11.7. The van der Waals surface area contributed by atoms with Gasteiger partial charge in [-0.1, -0.05) is 6.92 Å². The van der Waals surface area contributed by atoms with Gasteiger partial charge in [0.2, 0.25) is 0 Å². The lowest BCUT2D eigenvalue weighted by atomic mass is 10.2. The minimum Gasteiger partial charge on any atom is -0.369 e. The van der Waals surface area contributed by atoms with Gasteiger partial charge in [-0.25, -0.2) is 4.39 Å². The van der Waals surface area contributed by atoms with Crippen LogP contribution in [0.1, 0.15) is 18.9 Å². The van der Waals surface area contributed by atoms with E-state index in [2.05, 4.69) is 22.9 Å². The molecule has 84 valence electrons. The highest BCUT2D eigenvalue weighted by Gasteiger charge is 2.23. The molecule has 0 spiro atoms.